The minimum atomic E-state index is -3.16. The molecule has 1 amide bonds. The zero-order valence-corrected chi connectivity index (χ0v) is 16.5. The number of carbonyl (C=O) groups is 1. The summed E-state index contributed by atoms with van der Waals surface area (Å²) in [6, 6.07) is 27.6. The van der Waals surface area contributed by atoms with Crippen LogP contribution in [0.5, 0.6) is 0 Å². The zero-order chi connectivity index (χ0) is 19.1. The number of hydrogen-bond donors (Lipinski definition) is 0. The van der Waals surface area contributed by atoms with E-state index >= 15 is 0 Å². The SMILES string of the molecule is CC1(Cl)C(P(=O)(c2ccccc2)c2ccccc2)N1C(=O)c1ccccc1. The predicted molar refractivity (Wildman–Crippen MR) is 110 cm³/mol. The fourth-order valence-electron chi connectivity index (χ4n) is 3.60. The summed E-state index contributed by atoms with van der Waals surface area (Å²) < 4.78 is 14.5. The van der Waals surface area contributed by atoms with E-state index in [2.05, 4.69) is 0 Å². The van der Waals surface area contributed by atoms with Crippen molar-refractivity contribution in [3.8, 4) is 0 Å². The number of carbonyl (C=O) groups excluding carboxylic acids is 1. The molecule has 3 nitrogen and oxygen atoms in total. The fourth-order valence-corrected chi connectivity index (χ4v) is 7.79. The molecule has 1 aliphatic rings. The largest absolute Gasteiger partial charge is 0.311 e. The van der Waals surface area contributed by atoms with Crippen LogP contribution in [-0.2, 0) is 4.57 Å². The Morgan fingerprint density at radius 3 is 1.70 bits per heavy atom. The zero-order valence-electron chi connectivity index (χ0n) is 14.8. The first-order valence-corrected chi connectivity index (χ1v) is 10.9. The van der Waals surface area contributed by atoms with Crippen molar-refractivity contribution in [2.45, 2.75) is 17.7 Å². The summed E-state index contributed by atoms with van der Waals surface area (Å²) in [7, 11) is -3.16. The van der Waals surface area contributed by atoms with E-state index in [0.29, 0.717) is 16.2 Å². The minimum Gasteiger partial charge on any atom is -0.311 e. The predicted octanol–water partition coefficient (Wildman–Crippen LogP) is 4.44. The second kappa shape index (κ2) is 6.67. The first-order valence-electron chi connectivity index (χ1n) is 8.76. The highest BCUT2D eigenvalue weighted by molar-refractivity contribution is 7.79. The lowest BCUT2D eigenvalue weighted by Crippen LogP contribution is -2.23. The van der Waals surface area contributed by atoms with Crippen LogP contribution in [0.3, 0.4) is 0 Å². The normalized spacial score (nSPS) is 21.7. The third-order valence-electron chi connectivity index (χ3n) is 4.98. The van der Waals surface area contributed by atoms with Crippen LogP contribution in [0.2, 0.25) is 0 Å². The standard InChI is InChI=1S/C22H19ClNO2P/c1-22(23)21(24(22)20(25)17-11-5-2-6-12-17)27(26,18-13-7-3-8-14-18)19-15-9-4-10-16-19/h2-16,21H,1H3. The van der Waals surface area contributed by atoms with E-state index in [4.69, 9.17) is 11.6 Å². The van der Waals surface area contributed by atoms with E-state index in [-0.39, 0.29) is 5.91 Å². The Bertz CT molecular complexity index is 963. The highest BCUT2D eigenvalue weighted by Gasteiger charge is 2.69. The molecule has 3 aromatic rings. The number of alkyl halides is 1. The molecule has 2 unspecified atom stereocenters. The Labute approximate surface area is 164 Å². The third kappa shape index (κ3) is 2.92. The quantitative estimate of drug-likeness (QED) is 0.283. The van der Waals surface area contributed by atoms with Gasteiger partial charge in [0.15, 0.2) is 7.14 Å². The maximum absolute atomic E-state index is 14.5. The highest BCUT2D eigenvalue weighted by Crippen LogP contribution is 2.66. The summed E-state index contributed by atoms with van der Waals surface area (Å²) in [4.78, 5) is 13.6. The molecule has 0 N–H and O–H groups in total. The number of nitrogens with zero attached hydrogens (tertiary/aromatic N) is 1. The highest BCUT2D eigenvalue weighted by atomic mass is 35.5. The van der Waals surface area contributed by atoms with Crippen LogP contribution in [0.15, 0.2) is 91.0 Å². The Morgan fingerprint density at radius 2 is 1.26 bits per heavy atom. The summed E-state index contributed by atoms with van der Waals surface area (Å²) in [6.45, 7) is 1.76. The summed E-state index contributed by atoms with van der Waals surface area (Å²) in [5.74, 6) is -0.797. The van der Waals surface area contributed by atoms with Crippen LogP contribution in [0.4, 0.5) is 0 Å². The smallest absolute Gasteiger partial charge is 0.256 e. The number of rotatable bonds is 4. The molecule has 2 atom stereocenters. The molecule has 0 spiro atoms. The molecule has 0 aromatic heterocycles. The fraction of sp³-hybridized carbons (Fsp3) is 0.136. The van der Waals surface area contributed by atoms with Crippen LogP contribution in [0.25, 0.3) is 0 Å². The number of hydrogen-bond acceptors (Lipinski definition) is 2. The van der Waals surface area contributed by atoms with E-state index in [1.165, 1.54) is 0 Å². The van der Waals surface area contributed by atoms with Gasteiger partial charge in [0.05, 0.1) is 0 Å². The molecule has 1 saturated heterocycles. The van der Waals surface area contributed by atoms with Gasteiger partial charge in [-0.2, -0.15) is 0 Å². The van der Waals surface area contributed by atoms with Gasteiger partial charge in [0, 0.05) is 16.2 Å². The lowest BCUT2D eigenvalue weighted by atomic mass is 10.2. The minimum absolute atomic E-state index is 0.204. The van der Waals surface area contributed by atoms with Gasteiger partial charge in [0.25, 0.3) is 5.91 Å². The monoisotopic (exact) mass is 395 g/mol. The van der Waals surface area contributed by atoms with Crippen LogP contribution >= 0.6 is 18.7 Å². The Morgan fingerprint density at radius 1 is 0.852 bits per heavy atom. The number of halogens is 1. The van der Waals surface area contributed by atoms with Gasteiger partial charge in [-0.05, 0) is 19.1 Å². The molecule has 5 heteroatoms. The lowest BCUT2D eigenvalue weighted by molar-refractivity contribution is 0.0867. The van der Waals surface area contributed by atoms with E-state index in [1.54, 1.807) is 24.0 Å². The van der Waals surface area contributed by atoms with E-state index in [1.807, 2.05) is 78.9 Å². The van der Waals surface area contributed by atoms with Crippen molar-refractivity contribution < 1.29 is 9.36 Å². The summed E-state index contributed by atoms with van der Waals surface area (Å²) in [5.41, 5.74) is 0.541. The van der Waals surface area contributed by atoms with Crippen molar-refractivity contribution in [3.05, 3.63) is 96.6 Å². The molecule has 3 aromatic carbocycles. The molecule has 4 rings (SSSR count). The van der Waals surface area contributed by atoms with Crippen LogP contribution in [0.1, 0.15) is 17.3 Å². The Balaban J connectivity index is 1.82. The molecule has 1 aliphatic heterocycles. The van der Waals surface area contributed by atoms with Crippen LogP contribution in [-0.4, -0.2) is 21.6 Å². The van der Waals surface area contributed by atoms with Gasteiger partial charge in [-0.15, -0.1) is 0 Å². The van der Waals surface area contributed by atoms with Gasteiger partial charge in [-0.1, -0.05) is 90.5 Å². The third-order valence-corrected chi connectivity index (χ3v) is 9.08. The lowest BCUT2D eigenvalue weighted by Gasteiger charge is -2.19. The maximum atomic E-state index is 14.5. The summed E-state index contributed by atoms with van der Waals surface area (Å²) >= 11 is 6.74. The first-order chi connectivity index (χ1) is 13.0. The molecular formula is C22H19ClNO2P. The molecule has 0 bridgehead atoms. The van der Waals surface area contributed by atoms with Gasteiger partial charge >= 0.3 is 0 Å². The molecule has 1 heterocycles. The van der Waals surface area contributed by atoms with Gasteiger partial charge in [0.1, 0.15) is 10.8 Å². The molecular weight excluding hydrogens is 377 g/mol. The van der Waals surface area contributed by atoms with E-state index in [0.717, 1.165) is 0 Å². The molecule has 0 radical (unpaired) electrons. The second-order valence-corrected chi connectivity index (χ2v) is 10.4. The number of amides is 1. The van der Waals surface area contributed by atoms with Gasteiger partial charge in [-0.25, -0.2) is 0 Å². The van der Waals surface area contributed by atoms with Crippen molar-refractivity contribution in [2.75, 3.05) is 0 Å². The first kappa shape index (κ1) is 18.0. The van der Waals surface area contributed by atoms with Gasteiger partial charge < -0.3 is 9.46 Å². The average molecular weight is 396 g/mol. The maximum Gasteiger partial charge on any atom is 0.256 e. The van der Waals surface area contributed by atoms with Gasteiger partial charge in [0.2, 0.25) is 0 Å². The van der Waals surface area contributed by atoms with Crippen LogP contribution < -0.4 is 10.6 Å². The Kier molecular flexibility index (Phi) is 4.46. The average Bonchev–Trinajstić information content (AvgIpc) is 3.31. The van der Waals surface area contributed by atoms with Crippen molar-refractivity contribution in [2.24, 2.45) is 0 Å². The second-order valence-electron chi connectivity index (χ2n) is 6.77. The molecule has 27 heavy (non-hydrogen) atoms. The van der Waals surface area contributed by atoms with E-state index < -0.39 is 17.9 Å². The summed E-state index contributed by atoms with van der Waals surface area (Å²) in [6.07, 6.45) is 0. The van der Waals surface area contributed by atoms with Crippen molar-refractivity contribution >= 4 is 35.3 Å². The van der Waals surface area contributed by atoms with Gasteiger partial charge in [-0.3, -0.25) is 4.79 Å². The molecule has 0 aliphatic carbocycles. The summed E-state index contributed by atoms with van der Waals surface area (Å²) in [5, 5.41) is 1.41. The Hall–Kier alpha value is -2.35. The molecule has 1 fully saturated rings. The number of benzene rings is 3. The van der Waals surface area contributed by atoms with Crippen molar-refractivity contribution in [3.63, 3.8) is 0 Å². The topological polar surface area (TPSA) is 37.1 Å². The van der Waals surface area contributed by atoms with Crippen LogP contribution in [0, 0.1) is 0 Å². The molecule has 136 valence electrons. The van der Waals surface area contributed by atoms with Crippen molar-refractivity contribution in [1.82, 2.24) is 4.90 Å². The van der Waals surface area contributed by atoms with E-state index in [9.17, 15) is 9.36 Å². The molecule has 0 saturated carbocycles. The van der Waals surface area contributed by atoms with Crippen molar-refractivity contribution in [1.29, 1.82) is 0 Å².